The van der Waals surface area contributed by atoms with Crippen molar-refractivity contribution in [2.75, 3.05) is 0 Å². The molecule has 0 aliphatic carbocycles. The molecular weight excluding hydrogens is 149 g/mol. The Morgan fingerprint density at radius 2 is 1.50 bits per heavy atom. The molecule has 0 saturated carbocycles. The average Bonchev–Trinajstić information content (AvgIpc) is 1.64. The molecular formula is C6H4Cl2. The van der Waals surface area contributed by atoms with Crippen LogP contribution in [-0.2, 0) is 0 Å². The summed E-state index contributed by atoms with van der Waals surface area (Å²) in [5, 5.41) is 1.36. The molecule has 1 aromatic carbocycles. The minimum Gasteiger partial charge on any atom is -0.0843 e. The van der Waals surface area contributed by atoms with E-state index in [-0.39, 0.29) is 0 Å². The van der Waals surface area contributed by atoms with E-state index in [0.717, 1.165) is 0 Å². The van der Waals surface area contributed by atoms with Crippen LogP contribution >= 0.6 is 23.2 Å². The zero-order valence-corrected chi connectivity index (χ0v) is 5.58. The fourth-order valence-corrected chi connectivity index (χ4v) is 0.896. The fourth-order valence-electron chi connectivity index (χ4n) is 0.460. The van der Waals surface area contributed by atoms with Crippen LogP contribution in [0, 0.1) is 0 Å². The maximum atomic E-state index is 5.56. The molecule has 0 saturated heterocycles. The van der Waals surface area contributed by atoms with Gasteiger partial charge in [0.2, 0.25) is 0 Å². The Morgan fingerprint density at radius 3 is 1.75 bits per heavy atom. The maximum absolute atomic E-state index is 5.56. The zero-order valence-electron chi connectivity index (χ0n) is 4.07. The van der Waals surface area contributed by atoms with Crippen LogP contribution in [0.25, 0.3) is 0 Å². The Bertz CT molecular complexity index is 166. The van der Waals surface area contributed by atoms with Crippen molar-refractivity contribution in [2.24, 2.45) is 0 Å². The van der Waals surface area contributed by atoms with E-state index < -0.39 is 0 Å². The van der Waals surface area contributed by atoms with Crippen LogP contribution in [0.5, 0.6) is 0 Å². The van der Waals surface area contributed by atoms with E-state index >= 15 is 0 Å². The number of benzene rings is 1. The van der Waals surface area contributed by atoms with Crippen molar-refractivity contribution in [1.29, 1.82) is 0 Å². The van der Waals surface area contributed by atoms with Crippen molar-refractivity contribution in [2.45, 2.75) is 0 Å². The van der Waals surface area contributed by atoms with Gasteiger partial charge in [0.25, 0.3) is 0 Å². The third-order valence-electron chi connectivity index (χ3n) is 0.787. The normalized spacial score (nSPS) is 9.25. The first-order valence-electron chi connectivity index (χ1n) is 2.20. The van der Waals surface area contributed by atoms with E-state index in [1.165, 1.54) is 0 Å². The van der Waals surface area contributed by atoms with E-state index in [9.17, 15) is 0 Å². The van der Waals surface area contributed by atoms with Gasteiger partial charge in [-0.25, -0.2) is 0 Å². The molecule has 0 N–H and O–H groups in total. The van der Waals surface area contributed by atoms with Gasteiger partial charge < -0.3 is 0 Å². The Labute approximate surface area is 58.0 Å². The molecule has 2 heteroatoms. The van der Waals surface area contributed by atoms with Gasteiger partial charge in [0.1, 0.15) is 0 Å². The fraction of sp³-hybridized carbons (Fsp3) is 0. The average molecular weight is 153 g/mol. The molecule has 0 nitrogen and oxygen atoms in total. The van der Waals surface area contributed by atoms with Crippen molar-refractivity contribution in [3.8, 4) is 0 Å². The standard InChI is InChI=1S/C6H4Cl2/c7-5-2-1-3-6(8)4-5/h1-4H/i1+1,2+1,3+1,4+1,5+1,6+1. The molecule has 42 valence electrons. The lowest BCUT2D eigenvalue weighted by Gasteiger charge is -1.86. The lowest BCUT2D eigenvalue weighted by molar-refractivity contribution is 1.71. The predicted molar refractivity (Wildman–Crippen MR) is 36.5 cm³/mol. The third-order valence-corrected chi connectivity index (χ3v) is 1.26. The van der Waals surface area contributed by atoms with Crippen LogP contribution in [0.4, 0.5) is 0 Å². The van der Waals surface area contributed by atoms with Crippen molar-refractivity contribution >= 4 is 23.2 Å². The quantitative estimate of drug-likeness (QED) is 0.537. The second kappa shape index (κ2) is 2.38. The van der Waals surface area contributed by atoms with Crippen molar-refractivity contribution in [1.82, 2.24) is 0 Å². The van der Waals surface area contributed by atoms with Gasteiger partial charge >= 0.3 is 0 Å². The van der Waals surface area contributed by atoms with E-state index in [1.54, 1.807) is 18.2 Å². The van der Waals surface area contributed by atoms with E-state index in [1.807, 2.05) is 6.07 Å². The summed E-state index contributed by atoms with van der Waals surface area (Å²) in [6.45, 7) is 0. The SMILES string of the molecule is Cl[13c]1[13cH][13cH][13cH][13c](Cl)[13cH]1. The molecule has 0 bridgehead atoms. The first kappa shape index (κ1) is 5.93. The summed E-state index contributed by atoms with van der Waals surface area (Å²) < 4.78 is 0. The second-order valence-corrected chi connectivity index (χ2v) is 2.31. The first-order chi connectivity index (χ1) is 3.79. The van der Waals surface area contributed by atoms with Crippen LogP contribution in [0.2, 0.25) is 10.0 Å². The molecule has 8 heavy (non-hydrogen) atoms. The highest BCUT2D eigenvalue weighted by Crippen LogP contribution is 2.13. The first-order valence-corrected chi connectivity index (χ1v) is 2.96. The molecule has 0 unspecified atom stereocenters. The van der Waals surface area contributed by atoms with Crippen LogP contribution < -0.4 is 0 Å². The van der Waals surface area contributed by atoms with Gasteiger partial charge in [0, 0.05) is 10.0 Å². The van der Waals surface area contributed by atoms with Gasteiger partial charge in [-0.3, -0.25) is 0 Å². The summed E-state index contributed by atoms with van der Waals surface area (Å²) in [6.07, 6.45) is 0. The number of hydrogen-bond acceptors (Lipinski definition) is 0. The van der Waals surface area contributed by atoms with Crippen molar-refractivity contribution < 1.29 is 0 Å². The molecule has 0 aromatic heterocycles. The van der Waals surface area contributed by atoms with E-state index in [2.05, 4.69) is 0 Å². The molecule has 0 spiro atoms. The lowest BCUT2D eigenvalue weighted by Crippen LogP contribution is -1.61. The van der Waals surface area contributed by atoms with E-state index in [4.69, 9.17) is 23.2 Å². The molecule has 0 atom stereocenters. The summed E-state index contributed by atoms with van der Waals surface area (Å²) >= 11 is 11.1. The number of rotatable bonds is 0. The summed E-state index contributed by atoms with van der Waals surface area (Å²) in [6, 6.07) is 7.08. The Morgan fingerprint density at radius 1 is 1.00 bits per heavy atom. The van der Waals surface area contributed by atoms with Gasteiger partial charge in [0.15, 0.2) is 0 Å². The highest BCUT2D eigenvalue weighted by Gasteiger charge is 1.84. The molecule has 0 amide bonds. The van der Waals surface area contributed by atoms with Gasteiger partial charge in [-0.15, -0.1) is 0 Å². The second-order valence-electron chi connectivity index (χ2n) is 1.44. The van der Waals surface area contributed by atoms with E-state index in [0.29, 0.717) is 10.0 Å². The molecule has 0 aliphatic heterocycles. The summed E-state index contributed by atoms with van der Waals surface area (Å²) in [5.74, 6) is 0. The lowest BCUT2D eigenvalue weighted by atomic mass is 11.4. The van der Waals surface area contributed by atoms with Crippen LogP contribution in [-0.4, -0.2) is 0 Å². The van der Waals surface area contributed by atoms with Crippen LogP contribution in [0.15, 0.2) is 24.3 Å². The van der Waals surface area contributed by atoms with Gasteiger partial charge in [-0.05, 0) is 18.2 Å². The minimum absolute atomic E-state index is 0.678. The van der Waals surface area contributed by atoms with Gasteiger partial charge in [-0.2, -0.15) is 0 Å². The molecule has 0 radical (unpaired) electrons. The highest BCUT2D eigenvalue weighted by atomic mass is 35.5. The van der Waals surface area contributed by atoms with Crippen LogP contribution in [0.3, 0.4) is 0 Å². The molecule has 1 rings (SSSR count). The molecule has 0 aliphatic rings. The Kier molecular flexibility index (Phi) is 1.77. The minimum atomic E-state index is 0.678. The molecule has 0 fully saturated rings. The largest absolute Gasteiger partial charge is 0.0843 e. The monoisotopic (exact) mass is 152 g/mol. The van der Waals surface area contributed by atoms with Gasteiger partial charge in [0.05, 0.1) is 0 Å². The summed E-state index contributed by atoms with van der Waals surface area (Å²) in [7, 11) is 0. The van der Waals surface area contributed by atoms with Crippen molar-refractivity contribution in [3.63, 3.8) is 0 Å². The highest BCUT2D eigenvalue weighted by molar-refractivity contribution is 6.34. The maximum Gasteiger partial charge on any atom is 0.0420 e. The van der Waals surface area contributed by atoms with Crippen molar-refractivity contribution in [3.05, 3.63) is 34.3 Å². The van der Waals surface area contributed by atoms with Crippen LogP contribution in [0.1, 0.15) is 0 Å². The number of halogens is 2. The molecule has 1 aromatic rings. The third kappa shape index (κ3) is 1.39. The van der Waals surface area contributed by atoms with Gasteiger partial charge in [-0.1, -0.05) is 29.3 Å². The zero-order chi connectivity index (χ0) is 5.98. The summed E-state index contributed by atoms with van der Waals surface area (Å²) in [5.41, 5.74) is 0. The summed E-state index contributed by atoms with van der Waals surface area (Å²) in [4.78, 5) is 0. The number of hydrogen-bond donors (Lipinski definition) is 0. The Hall–Kier alpha value is -0.200. The predicted octanol–water partition coefficient (Wildman–Crippen LogP) is 2.99. The smallest absolute Gasteiger partial charge is 0.0420 e. The molecule has 0 heterocycles. The Balaban J connectivity index is 3.08. The topological polar surface area (TPSA) is 0 Å².